The van der Waals surface area contributed by atoms with Gasteiger partial charge in [-0.15, -0.1) is 22.6 Å². The molecule has 0 aliphatic carbocycles. The molecule has 1 saturated heterocycles. The van der Waals surface area contributed by atoms with E-state index in [1.807, 2.05) is 0 Å². The van der Waals surface area contributed by atoms with Crippen LogP contribution in [0.4, 0.5) is 13.2 Å². The predicted octanol–water partition coefficient (Wildman–Crippen LogP) is 1.88. The molecule has 2 aliphatic rings. The van der Waals surface area contributed by atoms with Crippen molar-refractivity contribution in [3.63, 3.8) is 0 Å². The lowest BCUT2D eigenvalue weighted by molar-refractivity contribution is -0.166. The summed E-state index contributed by atoms with van der Waals surface area (Å²) in [6.07, 6.45) is -4.62. The molecule has 142 valence electrons. The van der Waals surface area contributed by atoms with Crippen LogP contribution < -0.4 is 5.32 Å². The number of hydrogen-bond donors (Lipinski definition) is 1. The van der Waals surface area contributed by atoms with E-state index >= 15 is 0 Å². The van der Waals surface area contributed by atoms with Gasteiger partial charge in [-0.05, 0) is 12.1 Å². The van der Waals surface area contributed by atoms with Crippen molar-refractivity contribution in [3.05, 3.63) is 35.4 Å². The fourth-order valence-electron chi connectivity index (χ4n) is 2.75. The van der Waals surface area contributed by atoms with Crippen molar-refractivity contribution >= 4 is 24.3 Å². The third kappa shape index (κ3) is 2.82. The smallest absolute Gasteiger partial charge is 0.442 e. The molecule has 0 unspecified atom stereocenters. The number of methoxy groups -OCH3 is 1. The predicted molar refractivity (Wildman–Crippen MR) is 86.0 cm³/mol. The Bertz CT molecular complexity index is 741. The van der Waals surface area contributed by atoms with Gasteiger partial charge in [0.05, 0.1) is 7.11 Å². The molecule has 2 heterocycles. The number of alkyl halides is 3. The van der Waals surface area contributed by atoms with Gasteiger partial charge in [-0.3, -0.25) is 4.79 Å². The van der Waals surface area contributed by atoms with Gasteiger partial charge in [0, 0.05) is 31.3 Å². The Morgan fingerprint density at radius 1 is 1.19 bits per heavy atom. The number of benzene rings is 1. The summed E-state index contributed by atoms with van der Waals surface area (Å²) in [6, 6.07) is 4.86. The summed E-state index contributed by atoms with van der Waals surface area (Å²) in [6.45, 7) is 0.490. The first kappa shape index (κ1) is 20.1. The maximum absolute atomic E-state index is 13.0. The van der Waals surface area contributed by atoms with Crippen LogP contribution in [0.2, 0.25) is 0 Å². The van der Waals surface area contributed by atoms with Crippen LogP contribution in [0.5, 0.6) is 0 Å². The molecular formula is C15H16ClF3N4O3. The van der Waals surface area contributed by atoms with Crippen molar-refractivity contribution < 1.29 is 27.5 Å². The van der Waals surface area contributed by atoms with E-state index in [9.17, 15) is 22.8 Å². The molecule has 26 heavy (non-hydrogen) atoms. The fourth-order valence-corrected chi connectivity index (χ4v) is 2.75. The first-order valence-corrected chi connectivity index (χ1v) is 7.36. The van der Waals surface area contributed by atoms with E-state index in [2.05, 4.69) is 15.5 Å². The molecule has 0 radical (unpaired) electrons. The molecule has 1 aromatic rings. The molecule has 0 aromatic heterocycles. The third-order valence-corrected chi connectivity index (χ3v) is 4.58. The van der Waals surface area contributed by atoms with E-state index < -0.39 is 29.3 Å². The monoisotopic (exact) mass is 392 g/mol. The zero-order chi connectivity index (χ0) is 18.5. The average molecular weight is 393 g/mol. The number of halogens is 4. The number of rotatable bonds is 4. The quantitative estimate of drug-likeness (QED) is 0.793. The zero-order valence-corrected chi connectivity index (χ0v) is 14.6. The van der Waals surface area contributed by atoms with Gasteiger partial charge in [-0.1, -0.05) is 12.1 Å². The lowest BCUT2D eigenvalue weighted by atomic mass is 9.89. The van der Waals surface area contributed by atoms with E-state index in [1.165, 1.54) is 43.3 Å². The zero-order valence-electron chi connectivity index (χ0n) is 13.8. The molecule has 0 bridgehead atoms. The van der Waals surface area contributed by atoms with Crippen LogP contribution in [0.15, 0.2) is 34.5 Å². The summed E-state index contributed by atoms with van der Waals surface area (Å²) < 4.78 is 43.7. The molecule has 11 heteroatoms. The number of amides is 1. The Labute approximate surface area is 153 Å². The Kier molecular flexibility index (Phi) is 5.04. The van der Waals surface area contributed by atoms with Crippen molar-refractivity contribution in [1.82, 2.24) is 10.2 Å². The third-order valence-electron chi connectivity index (χ3n) is 4.58. The highest BCUT2D eigenvalue weighted by molar-refractivity contribution is 5.98. The molecule has 1 aromatic carbocycles. The maximum Gasteiger partial charge on any atom is 0.442 e. The van der Waals surface area contributed by atoms with Crippen molar-refractivity contribution in [2.75, 3.05) is 27.2 Å². The van der Waals surface area contributed by atoms with Gasteiger partial charge >= 0.3 is 17.8 Å². The number of carbonyl (C=O) groups is 2. The molecule has 0 atom stereocenters. The van der Waals surface area contributed by atoms with Gasteiger partial charge < -0.3 is 15.0 Å². The summed E-state index contributed by atoms with van der Waals surface area (Å²) >= 11 is 0. The van der Waals surface area contributed by atoms with Crippen LogP contribution in [0.3, 0.4) is 0 Å². The Hall–Kier alpha value is -2.20. The second kappa shape index (κ2) is 6.51. The number of ether oxygens (including phenoxy) is 1. The van der Waals surface area contributed by atoms with Gasteiger partial charge in [0.15, 0.2) is 5.54 Å². The normalized spacial score (nSPS) is 19.0. The topological polar surface area (TPSA) is 83.4 Å². The molecule has 7 nitrogen and oxygen atoms in total. The lowest BCUT2D eigenvalue weighted by Crippen LogP contribution is -2.73. The van der Waals surface area contributed by atoms with Crippen molar-refractivity contribution in [3.8, 4) is 0 Å². The van der Waals surface area contributed by atoms with Crippen LogP contribution >= 0.6 is 12.4 Å². The van der Waals surface area contributed by atoms with Gasteiger partial charge in [-0.25, -0.2) is 4.79 Å². The fraction of sp³-hybridized carbons (Fsp3) is 0.467. The highest BCUT2D eigenvalue weighted by Crippen LogP contribution is 2.52. The summed E-state index contributed by atoms with van der Waals surface area (Å²) in [4.78, 5) is 25.8. The standard InChI is InChI=1S/C15H15F3N4O3.ClH/c1-22(13(7-19-8-13)12(24)25-2)11(23)9-3-5-10(6-4-9)14(20-21-14)15(16,17)18;/h3-6,19H,7-8H2,1-2H3;1H. The summed E-state index contributed by atoms with van der Waals surface area (Å²) in [5.74, 6) is -1.05. The van der Waals surface area contributed by atoms with Crippen molar-refractivity contribution in [2.24, 2.45) is 10.2 Å². The molecular weight excluding hydrogens is 377 g/mol. The molecule has 1 amide bonds. The maximum atomic E-state index is 13.0. The second-order valence-corrected chi connectivity index (χ2v) is 5.94. The molecule has 3 rings (SSSR count). The van der Waals surface area contributed by atoms with Gasteiger partial charge in [-0.2, -0.15) is 13.2 Å². The van der Waals surface area contributed by atoms with E-state index in [0.29, 0.717) is 0 Å². The second-order valence-electron chi connectivity index (χ2n) is 5.94. The average Bonchev–Trinajstić information content (AvgIpc) is 3.34. The van der Waals surface area contributed by atoms with Crippen LogP contribution in [0, 0.1) is 0 Å². The molecule has 0 spiro atoms. The summed E-state index contributed by atoms with van der Waals surface area (Å²) in [5, 5.41) is 9.15. The lowest BCUT2D eigenvalue weighted by Gasteiger charge is -2.46. The number of hydrogen-bond acceptors (Lipinski definition) is 6. The van der Waals surface area contributed by atoms with Gasteiger partial charge in [0.1, 0.15) is 0 Å². The summed E-state index contributed by atoms with van der Waals surface area (Å²) in [7, 11) is 2.69. The number of carbonyl (C=O) groups excluding carboxylic acids is 2. The molecule has 1 fully saturated rings. The van der Waals surface area contributed by atoms with Crippen LogP contribution in [-0.2, 0) is 15.2 Å². The van der Waals surface area contributed by atoms with Crippen LogP contribution in [0.1, 0.15) is 15.9 Å². The largest absolute Gasteiger partial charge is 0.467 e. The molecule has 2 aliphatic heterocycles. The Morgan fingerprint density at radius 3 is 2.08 bits per heavy atom. The SMILES string of the molecule is COC(=O)C1(N(C)C(=O)c2ccc(C3(C(F)(F)F)N=N3)cc2)CNC1.Cl. The minimum Gasteiger partial charge on any atom is -0.467 e. The first-order valence-electron chi connectivity index (χ1n) is 7.36. The van der Waals surface area contributed by atoms with Gasteiger partial charge in [0.2, 0.25) is 0 Å². The summed E-state index contributed by atoms with van der Waals surface area (Å²) in [5.41, 5.74) is -3.64. The number of likely N-dealkylation sites (N-methyl/N-ethyl adjacent to an activating group) is 1. The molecule has 1 N–H and O–H groups in total. The van der Waals surface area contributed by atoms with Gasteiger partial charge in [0.25, 0.3) is 5.91 Å². The number of esters is 1. The highest BCUT2D eigenvalue weighted by atomic mass is 35.5. The minimum atomic E-state index is -4.62. The van der Waals surface area contributed by atoms with Crippen molar-refractivity contribution in [1.29, 1.82) is 0 Å². The number of nitrogens with zero attached hydrogens (tertiary/aromatic N) is 3. The van der Waals surface area contributed by atoms with E-state index in [0.717, 1.165) is 0 Å². The molecule has 0 saturated carbocycles. The van der Waals surface area contributed by atoms with E-state index in [-0.39, 0.29) is 36.6 Å². The van der Waals surface area contributed by atoms with E-state index in [4.69, 9.17) is 4.74 Å². The first-order chi connectivity index (χ1) is 11.7. The highest BCUT2D eigenvalue weighted by Gasteiger charge is 2.65. The van der Waals surface area contributed by atoms with Crippen molar-refractivity contribution in [2.45, 2.75) is 17.4 Å². The van der Waals surface area contributed by atoms with E-state index in [1.54, 1.807) is 0 Å². The van der Waals surface area contributed by atoms with Crippen LogP contribution in [-0.4, -0.2) is 55.7 Å². The number of nitrogens with one attached hydrogen (secondary N) is 1. The Morgan fingerprint density at radius 2 is 1.73 bits per heavy atom. The van der Waals surface area contributed by atoms with Crippen LogP contribution in [0.25, 0.3) is 0 Å². The minimum absolute atomic E-state index is 0. The Balaban J connectivity index is 0.00000243.